The highest BCUT2D eigenvalue weighted by Crippen LogP contribution is 2.19. The van der Waals surface area contributed by atoms with Crippen LogP contribution in [0.15, 0.2) is 53.7 Å². The predicted octanol–water partition coefficient (Wildman–Crippen LogP) is 2.78. The van der Waals surface area contributed by atoms with Crippen molar-refractivity contribution in [3.8, 4) is 0 Å². The molecule has 0 spiro atoms. The molecule has 0 bridgehead atoms. The number of likely N-dealkylation sites (tertiary alicyclic amines) is 1. The van der Waals surface area contributed by atoms with Gasteiger partial charge < -0.3 is 20.4 Å². The molecule has 180 valence electrons. The summed E-state index contributed by atoms with van der Waals surface area (Å²) >= 11 is 0. The second kappa shape index (κ2) is 13.1. The Morgan fingerprint density at radius 2 is 1.73 bits per heavy atom. The molecule has 3 heterocycles. The second-order valence-electron chi connectivity index (χ2n) is 8.88. The molecule has 0 aliphatic carbocycles. The van der Waals surface area contributed by atoms with Crippen LogP contribution in [0.25, 0.3) is 0 Å². The van der Waals surface area contributed by atoms with Crippen molar-refractivity contribution in [3.05, 3.63) is 59.8 Å². The standard InChI is InChI=1S/C25H37N7.HI/c1-26-25(29-23-10-13-31(14-11-23)20-21-7-4-3-5-8-21)28-19-22-9-6-12-27-24(22)32-17-15-30(2)16-18-32;/h3-9,12,23H,10-11,13-20H2,1-2H3,(H2,26,28,29);1H. The Kier molecular flexibility index (Phi) is 10.2. The minimum atomic E-state index is 0. The Labute approximate surface area is 215 Å². The number of hydrogen-bond acceptors (Lipinski definition) is 5. The third-order valence-corrected chi connectivity index (χ3v) is 6.52. The second-order valence-corrected chi connectivity index (χ2v) is 8.88. The Hall–Kier alpha value is -1.91. The summed E-state index contributed by atoms with van der Waals surface area (Å²) in [6.45, 7) is 8.19. The van der Waals surface area contributed by atoms with Crippen LogP contribution in [-0.2, 0) is 13.1 Å². The van der Waals surface area contributed by atoms with E-state index in [-0.39, 0.29) is 24.0 Å². The third kappa shape index (κ3) is 7.55. The molecule has 7 nitrogen and oxygen atoms in total. The van der Waals surface area contributed by atoms with E-state index in [1.54, 1.807) is 0 Å². The van der Waals surface area contributed by atoms with Gasteiger partial charge in [-0.15, -0.1) is 24.0 Å². The molecule has 0 unspecified atom stereocenters. The number of hydrogen-bond donors (Lipinski definition) is 2. The van der Waals surface area contributed by atoms with Crippen molar-refractivity contribution >= 4 is 35.8 Å². The van der Waals surface area contributed by atoms with Crippen LogP contribution in [0.1, 0.15) is 24.0 Å². The number of piperazine rings is 1. The smallest absolute Gasteiger partial charge is 0.191 e. The molecule has 4 rings (SSSR count). The first-order valence-corrected chi connectivity index (χ1v) is 11.8. The number of aromatic nitrogens is 1. The van der Waals surface area contributed by atoms with Crippen molar-refractivity contribution in [1.29, 1.82) is 0 Å². The lowest BCUT2D eigenvalue weighted by Gasteiger charge is -2.34. The maximum atomic E-state index is 4.69. The van der Waals surface area contributed by atoms with Crippen molar-refractivity contribution in [2.75, 3.05) is 58.3 Å². The molecule has 1 aromatic heterocycles. The summed E-state index contributed by atoms with van der Waals surface area (Å²) in [4.78, 5) is 16.5. The zero-order valence-corrected chi connectivity index (χ0v) is 22.2. The third-order valence-electron chi connectivity index (χ3n) is 6.52. The number of rotatable bonds is 6. The predicted molar refractivity (Wildman–Crippen MR) is 147 cm³/mol. The highest BCUT2D eigenvalue weighted by atomic mass is 127. The highest BCUT2D eigenvalue weighted by molar-refractivity contribution is 14.0. The van der Waals surface area contributed by atoms with Crippen molar-refractivity contribution in [3.63, 3.8) is 0 Å². The minimum absolute atomic E-state index is 0. The number of benzene rings is 1. The van der Waals surface area contributed by atoms with E-state index in [4.69, 9.17) is 4.98 Å². The lowest BCUT2D eigenvalue weighted by atomic mass is 10.0. The zero-order chi connectivity index (χ0) is 22.2. The quantitative estimate of drug-likeness (QED) is 0.321. The molecule has 0 saturated carbocycles. The SMILES string of the molecule is CN=C(NCc1cccnc1N1CCN(C)CC1)NC1CCN(Cc2ccccc2)CC1.I. The first-order chi connectivity index (χ1) is 15.7. The van der Waals surface area contributed by atoms with Crippen LogP contribution in [0.2, 0.25) is 0 Å². The van der Waals surface area contributed by atoms with Gasteiger partial charge in [0.2, 0.25) is 0 Å². The lowest BCUT2D eigenvalue weighted by Crippen LogP contribution is -2.48. The molecule has 2 saturated heterocycles. The summed E-state index contributed by atoms with van der Waals surface area (Å²) in [5, 5.41) is 7.16. The fraction of sp³-hybridized carbons (Fsp3) is 0.520. The molecular weight excluding hydrogens is 525 g/mol. The Morgan fingerprint density at radius 1 is 1.00 bits per heavy atom. The maximum absolute atomic E-state index is 4.69. The van der Waals surface area contributed by atoms with E-state index < -0.39 is 0 Å². The molecule has 2 N–H and O–H groups in total. The van der Waals surface area contributed by atoms with Crippen molar-refractivity contribution in [1.82, 2.24) is 25.4 Å². The molecule has 0 radical (unpaired) electrons. The molecule has 2 aliphatic rings. The van der Waals surface area contributed by atoms with E-state index in [9.17, 15) is 0 Å². The van der Waals surface area contributed by atoms with Crippen molar-refractivity contribution in [2.45, 2.75) is 32.0 Å². The molecule has 2 aliphatic heterocycles. The first kappa shape index (κ1) is 25.7. The van der Waals surface area contributed by atoms with E-state index in [0.717, 1.165) is 77.0 Å². The molecule has 0 atom stereocenters. The van der Waals surface area contributed by atoms with Crippen LogP contribution >= 0.6 is 24.0 Å². The number of piperidine rings is 1. The summed E-state index contributed by atoms with van der Waals surface area (Å²) in [5.74, 6) is 1.97. The number of likely N-dealkylation sites (N-methyl/N-ethyl adjacent to an activating group) is 1. The number of pyridine rings is 1. The van der Waals surface area contributed by atoms with Crippen molar-refractivity contribution < 1.29 is 0 Å². The van der Waals surface area contributed by atoms with Crippen LogP contribution < -0.4 is 15.5 Å². The summed E-state index contributed by atoms with van der Waals surface area (Å²) in [6.07, 6.45) is 4.16. The Morgan fingerprint density at radius 3 is 2.42 bits per heavy atom. The number of nitrogens with one attached hydrogen (secondary N) is 2. The van der Waals surface area contributed by atoms with Gasteiger partial charge in [-0.1, -0.05) is 36.4 Å². The van der Waals surface area contributed by atoms with Gasteiger partial charge in [0.15, 0.2) is 5.96 Å². The summed E-state index contributed by atoms with van der Waals surface area (Å²) < 4.78 is 0. The molecule has 2 aromatic rings. The van der Waals surface area contributed by atoms with Gasteiger partial charge in [-0.3, -0.25) is 9.89 Å². The number of guanidine groups is 1. The first-order valence-electron chi connectivity index (χ1n) is 11.8. The normalized spacial score (nSPS) is 18.6. The van der Waals surface area contributed by atoms with E-state index >= 15 is 0 Å². The van der Waals surface area contributed by atoms with Crippen molar-refractivity contribution in [2.24, 2.45) is 4.99 Å². The van der Waals surface area contributed by atoms with Gasteiger partial charge in [-0.2, -0.15) is 0 Å². The Balaban J connectivity index is 0.00000306. The summed E-state index contributed by atoms with van der Waals surface area (Å²) in [6, 6.07) is 15.4. The lowest BCUT2D eigenvalue weighted by molar-refractivity contribution is 0.198. The molecule has 0 amide bonds. The number of anilines is 1. The fourth-order valence-corrected chi connectivity index (χ4v) is 4.52. The number of halogens is 1. The fourth-order valence-electron chi connectivity index (χ4n) is 4.52. The van der Waals surface area contributed by atoms with Crippen LogP contribution in [-0.4, -0.2) is 80.1 Å². The molecule has 2 fully saturated rings. The van der Waals surface area contributed by atoms with Gasteiger partial charge in [0.25, 0.3) is 0 Å². The van der Waals surface area contributed by atoms with Gasteiger partial charge in [0, 0.05) is 77.2 Å². The van der Waals surface area contributed by atoms with Crippen LogP contribution in [0.4, 0.5) is 5.82 Å². The largest absolute Gasteiger partial charge is 0.354 e. The Bertz CT molecular complexity index is 860. The van der Waals surface area contributed by atoms with E-state index in [0.29, 0.717) is 6.04 Å². The van der Waals surface area contributed by atoms with E-state index in [2.05, 4.69) is 73.8 Å². The van der Waals surface area contributed by atoms with E-state index in [1.807, 2.05) is 19.3 Å². The van der Waals surface area contributed by atoms with Crippen LogP contribution in [0, 0.1) is 0 Å². The van der Waals surface area contributed by atoms with Crippen LogP contribution in [0.3, 0.4) is 0 Å². The monoisotopic (exact) mass is 563 g/mol. The van der Waals surface area contributed by atoms with Crippen LogP contribution in [0.5, 0.6) is 0 Å². The minimum Gasteiger partial charge on any atom is -0.354 e. The molecule has 8 heteroatoms. The molecule has 33 heavy (non-hydrogen) atoms. The van der Waals surface area contributed by atoms with Gasteiger partial charge in [0.05, 0.1) is 0 Å². The number of nitrogens with zero attached hydrogens (tertiary/aromatic N) is 5. The summed E-state index contributed by atoms with van der Waals surface area (Å²) in [5.41, 5.74) is 2.61. The maximum Gasteiger partial charge on any atom is 0.191 e. The highest BCUT2D eigenvalue weighted by Gasteiger charge is 2.21. The van der Waals surface area contributed by atoms with Gasteiger partial charge in [-0.05, 0) is 31.5 Å². The molecule has 1 aromatic carbocycles. The molecular formula is C25H38IN7. The zero-order valence-electron chi connectivity index (χ0n) is 19.9. The number of aliphatic imine (C=N–C) groups is 1. The summed E-state index contributed by atoms with van der Waals surface area (Å²) in [7, 11) is 4.03. The average molecular weight is 564 g/mol. The van der Waals surface area contributed by atoms with Gasteiger partial charge in [0.1, 0.15) is 5.82 Å². The average Bonchev–Trinajstić information content (AvgIpc) is 2.84. The van der Waals surface area contributed by atoms with Gasteiger partial charge >= 0.3 is 0 Å². The van der Waals surface area contributed by atoms with Gasteiger partial charge in [-0.25, -0.2) is 4.98 Å². The topological polar surface area (TPSA) is 59.0 Å². The van der Waals surface area contributed by atoms with E-state index in [1.165, 1.54) is 11.1 Å².